The molecule has 1 fully saturated rings. The predicted molar refractivity (Wildman–Crippen MR) is 70.3 cm³/mol. The van der Waals surface area contributed by atoms with Gasteiger partial charge in [-0.2, -0.15) is 0 Å². The average Bonchev–Trinajstić information content (AvgIpc) is 2.40. The summed E-state index contributed by atoms with van der Waals surface area (Å²) in [5.41, 5.74) is 0.987. The largest absolute Gasteiger partial charge is 0.392 e. The predicted octanol–water partition coefficient (Wildman–Crippen LogP) is 1.60. The molecule has 0 spiro atoms. The van der Waals surface area contributed by atoms with Gasteiger partial charge < -0.3 is 9.84 Å². The van der Waals surface area contributed by atoms with Crippen molar-refractivity contribution in [2.45, 2.75) is 11.5 Å². The summed E-state index contributed by atoms with van der Waals surface area (Å²) in [7, 11) is 0. The molecule has 1 aliphatic rings. The van der Waals surface area contributed by atoms with Crippen molar-refractivity contribution in [1.29, 1.82) is 0 Å². The lowest BCUT2D eigenvalue weighted by molar-refractivity contribution is 0.0410. The van der Waals surface area contributed by atoms with E-state index in [-0.39, 0.29) is 6.61 Å². The number of morpholine rings is 1. The maximum Gasteiger partial charge on any atom is 0.0682 e. The van der Waals surface area contributed by atoms with Crippen molar-refractivity contribution in [3.63, 3.8) is 0 Å². The third kappa shape index (κ3) is 4.32. The van der Waals surface area contributed by atoms with E-state index in [1.807, 2.05) is 23.9 Å². The molecule has 0 radical (unpaired) electrons. The summed E-state index contributed by atoms with van der Waals surface area (Å²) in [5, 5.41) is 9.06. The number of ether oxygens (including phenoxy) is 1. The second kappa shape index (κ2) is 7.01. The lowest BCUT2D eigenvalue weighted by atomic mass is 10.2. The Balaban J connectivity index is 1.73. The van der Waals surface area contributed by atoms with Gasteiger partial charge in [-0.3, -0.25) is 4.90 Å². The SMILES string of the molecule is OCc1cccc(SCCN2CCOCC2)c1. The van der Waals surface area contributed by atoms with Gasteiger partial charge in [-0.1, -0.05) is 12.1 Å². The highest BCUT2D eigenvalue weighted by molar-refractivity contribution is 7.99. The molecule has 94 valence electrons. The highest BCUT2D eigenvalue weighted by Crippen LogP contribution is 2.19. The number of hydrogen-bond acceptors (Lipinski definition) is 4. The summed E-state index contributed by atoms with van der Waals surface area (Å²) in [4.78, 5) is 3.68. The van der Waals surface area contributed by atoms with E-state index in [0.717, 1.165) is 44.2 Å². The van der Waals surface area contributed by atoms with Crippen molar-refractivity contribution >= 4 is 11.8 Å². The molecule has 0 unspecified atom stereocenters. The minimum atomic E-state index is 0.123. The number of nitrogens with zero attached hydrogens (tertiary/aromatic N) is 1. The van der Waals surface area contributed by atoms with Crippen LogP contribution in [0, 0.1) is 0 Å². The molecule has 0 atom stereocenters. The van der Waals surface area contributed by atoms with Crippen LogP contribution in [0.2, 0.25) is 0 Å². The molecule has 0 amide bonds. The molecule has 1 aliphatic heterocycles. The van der Waals surface area contributed by atoms with Crippen LogP contribution in [0.15, 0.2) is 29.2 Å². The first-order valence-corrected chi connectivity index (χ1v) is 7.00. The fourth-order valence-corrected chi connectivity index (χ4v) is 2.85. The molecule has 0 aliphatic carbocycles. The van der Waals surface area contributed by atoms with Crippen molar-refractivity contribution in [1.82, 2.24) is 4.90 Å². The van der Waals surface area contributed by atoms with Crippen molar-refractivity contribution < 1.29 is 9.84 Å². The Morgan fingerprint density at radius 3 is 2.88 bits per heavy atom. The van der Waals surface area contributed by atoms with Gasteiger partial charge in [-0.15, -0.1) is 11.8 Å². The summed E-state index contributed by atoms with van der Waals surface area (Å²) in [5.74, 6) is 1.09. The molecule has 0 saturated carbocycles. The molecular formula is C13H19NO2S. The van der Waals surface area contributed by atoms with Crippen LogP contribution in [0.3, 0.4) is 0 Å². The third-order valence-corrected chi connectivity index (χ3v) is 3.83. The summed E-state index contributed by atoms with van der Waals surface area (Å²) in [6, 6.07) is 8.11. The Labute approximate surface area is 107 Å². The number of rotatable bonds is 5. The Kier molecular flexibility index (Phi) is 5.32. The van der Waals surface area contributed by atoms with Crippen LogP contribution in [0.5, 0.6) is 0 Å². The maximum atomic E-state index is 9.06. The number of hydrogen-bond donors (Lipinski definition) is 1. The topological polar surface area (TPSA) is 32.7 Å². The summed E-state index contributed by atoms with van der Waals surface area (Å²) in [6.07, 6.45) is 0. The van der Waals surface area contributed by atoms with Crippen molar-refractivity contribution in [3.05, 3.63) is 29.8 Å². The zero-order chi connectivity index (χ0) is 11.9. The standard InChI is InChI=1S/C13H19NO2S/c15-11-12-2-1-3-13(10-12)17-9-6-14-4-7-16-8-5-14/h1-3,10,15H,4-9,11H2. The van der Waals surface area contributed by atoms with Crippen molar-refractivity contribution in [2.75, 3.05) is 38.6 Å². The fraction of sp³-hybridized carbons (Fsp3) is 0.538. The normalized spacial score (nSPS) is 17.2. The van der Waals surface area contributed by atoms with E-state index in [0.29, 0.717) is 0 Å². The van der Waals surface area contributed by atoms with Gasteiger partial charge in [0.15, 0.2) is 0 Å². The second-order valence-electron chi connectivity index (χ2n) is 4.11. The lowest BCUT2D eigenvalue weighted by Gasteiger charge is -2.26. The van der Waals surface area contributed by atoms with Crippen LogP contribution in [0.4, 0.5) is 0 Å². The van der Waals surface area contributed by atoms with Gasteiger partial charge in [0.05, 0.1) is 19.8 Å². The third-order valence-electron chi connectivity index (χ3n) is 2.86. The molecule has 1 saturated heterocycles. The molecule has 17 heavy (non-hydrogen) atoms. The maximum absolute atomic E-state index is 9.06. The minimum Gasteiger partial charge on any atom is -0.392 e. The van der Waals surface area contributed by atoms with Gasteiger partial charge in [0.2, 0.25) is 0 Å². The van der Waals surface area contributed by atoms with E-state index < -0.39 is 0 Å². The van der Waals surface area contributed by atoms with Gasteiger partial charge >= 0.3 is 0 Å². The molecule has 2 rings (SSSR count). The number of aliphatic hydroxyl groups excluding tert-OH is 1. The Morgan fingerprint density at radius 2 is 2.12 bits per heavy atom. The van der Waals surface area contributed by atoms with Crippen LogP contribution >= 0.6 is 11.8 Å². The number of aliphatic hydroxyl groups is 1. The van der Waals surface area contributed by atoms with E-state index in [4.69, 9.17) is 9.84 Å². The minimum absolute atomic E-state index is 0.123. The lowest BCUT2D eigenvalue weighted by Crippen LogP contribution is -2.37. The van der Waals surface area contributed by atoms with Crippen LogP contribution in [0.25, 0.3) is 0 Å². The second-order valence-corrected chi connectivity index (χ2v) is 5.28. The molecule has 0 bridgehead atoms. The quantitative estimate of drug-likeness (QED) is 0.808. The average molecular weight is 253 g/mol. The van der Waals surface area contributed by atoms with E-state index >= 15 is 0 Å². The number of thioether (sulfide) groups is 1. The zero-order valence-electron chi connectivity index (χ0n) is 9.97. The molecule has 1 aromatic carbocycles. The summed E-state index contributed by atoms with van der Waals surface area (Å²) >= 11 is 1.85. The monoisotopic (exact) mass is 253 g/mol. The molecular weight excluding hydrogens is 234 g/mol. The highest BCUT2D eigenvalue weighted by Gasteiger charge is 2.09. The van der Waals surface area contributed by atoms with Crippen molar-refractivity contribution in [2.24, 2.45) is 0 Å². The van der Waals surface area contributed by atoms with E-state index in [2.05, 4.69) is 17.0 Å². The van der Waals surface area contributed by atoms with Gasteiger partial charge in [-0.25, -0.2) is 0 Å². The van der Waals surface area contributed by atoms with Gasteiger partial charge in [0.25, 0.3) is 0 Å². The molecule has 1 N–H and O–H groups in total. The van der Waals surface area contributed by atoms with Crippen molar-refractivity contribution in [3.8, 4) is 0 Å². The van der Waals surface area contributed by atoms with Gasteiger partial charge in [0.1, 0.15) is 0 Å². The molecule has 4 heteroatoms. The fourth-order valence-electron chi connectivity index (χ4n) is 1.85. The van der Waals surface area contributed by atoms with E-state index in [1.54, 1.807) is 0 Å². The van der Waals surface area contributed by atoms with Gasteiger partial charge in [-0.05, 0) is 17.7 Å². The summed E-state index contributed by atoms with van der Waals surface area (Å²) in [6.45, 7) is 5.07. The van der Waals surface area contributed by atoms with Crippen LogP contribution < -0.4 is 0 Å². The number of benzene rings is 1. The molecule has 1 aromatic rings. The van der Waals surface area contributed by atoms with Crippen LogP contribution in [-0.4, -0.2) is 48.6 Å². The molecule has 3 nitrogen and oxygen atoms in total. The van der Waals surface area contributed by atoms with Gasteiger partial charge in [0, 0.05) is 30.3 Å². The molecule has 1 heterocycles. The molecule has 0 aromatic heterocycles. The Hall–Kier alpha value is -0.550. The first kappa shape index (κ1) is 12.9. The Morgan fingerprint density at radius 1 is 1.29 bits per heavy atom. The summed E-state index contributed by atoms with van der Waals surface area (Å²) < 4.78 is 5.32. The van der Waals surface area contributed by atoms with E-state index in [9.17, 15) is 0 Å². The highest BCUT2D eigenvalue weighted by atomic mass is 32.2. The van der Waals surface area contributed by atoms with Crippen LogP contribution in [0.1, 0.15) is 5.56 Å². The van der Waals surface area contributed by atoms with E-state index in [1.165, 1.54) is 4.90 Å². The smallest absolute Gasteiger partial charge is 0.0682 e. The Bertz CT molecular complexity index is 340. The zero-order valence-corrected chi connectivity index (χ0v) is 10.8. The first-order valence-electron chi connectivity index (χ1n) is 6.01. The van der Waals surface area contributed by atoms with Crippen LogP contribution in [-0.2, 0) is 11.3 Å². The first-order chi connectivity index (χ1) is 8.38.